The lowest BCUT2D eigenvalue weighted by Crippen LogP contribution is -2.31. The molecule has 182 valence electrons. The van der Waals surface area contributed by atoms with E-state index in [4.69, 9.17) is 16.3 Å². The van der Waals surface area contributed by atoms with Crippen molar-refractivity contribution >= 4 is 35.0 Å². The highest BCUT2D eigenvalue weighted by molar-refractivity contribution is 6.46. The van der Waals surface area contributed by atoms with Crippen LogP contribution in [0, 0.1) is 13.8 Å². The molecule has 9 nitrogen and oxygen atoms in total. The molecule has 0 unspecified atom stereocenters. The summed E-state index contributed by atoms with van der Waals surface area (Å²) < 4.78 is 6.69. The van der Waals surface area contributed by atoms with E-state index in [2.05, 4.69) is 9.97 Å². The highest BCUT2D eigenvalue weighted by atomic mass is 35.5. The monoisotopic (exact) mass is 496 g/mol. The Bertz CT molecular complexity index is 1310. The minimum Gasteiger partial charge on any atom is -0.507 e. The number of Topliss-reactive ketones (excluding diaryl/α,β-unsaturated/α-hetero) is 1. The smallest absolute Gasteiger partial charge is 0.354 e. The van der Waals surface area contributed by atoms with Gasteiger partial charge in [-0.15, -0.1) is 0 Å². The largest absolute Gasteiger partial charge is 0.507 e. The molecule has 0 bridgehead atoms. The minimum atomic E-state index is -0.815. The second-order valence-electron chi connectivity index (χ2n) is 8.31. The van der Waals surface area contributed by atoms with Crippen molar-refractivity contribution in [2.24, 2.45) is 0 Å². The van der Waals surface area contributed by atoms with Crippen LogP contribution in [0.3, 0.4) is 0 Å². The summed E-state index contributed by atoms with van der Waals surface area (Å²) in [7, 11) is 1.26. The molecule has 35 heavy (non-hydrogen) atoms. The number of carbonyl (C=O) groups excluding carboxylic acids is 3. The fourth-order valence-corrected chi connectivity index (χ4v) is 4.62. The normalized spacial score (nSPS) is 17.3. The molecule has 0 radical (unpaired) electrons. The van der Waals surface area contributed by atoms with Crippen molar-refractivity contribution in [1.29, 1.82) is 0 Å². The Kier molecular flexibility index (Phi) is 6.79. The molecule has 1 aliphatic heterocycles. The van der Waals surface area contributed by atoms with Crippen molar-refractivity contribution in [1.82, 2.24) is 19.4 Å². The van der Waals surface area contributed by atoms with Gasteiger partial charge in [0.25, 0.3) is 11.7 Å². The van der Waals surface area contributed by atoms with Gasteiger partial charge in [-0.3, -0.25) is 9.59 Å². The number of ketones is 1. The number of amides is 1. The van der Waals surface area contributed by atoms with Crippen molar-refractivity contribution in [3.63, 3.8) is 0 Å². The molecule has 0 saturated carbocycles. The highest BCUT2D eigenvalue weighted by Crippen LogP contribution is 2.41. The number of methoxy groups -OCH3 is 1. The molecule has 3 aromatic rings. The molecule has 10 heteroatoms. The van der Waals surface area contributed by atoms with Crippen LogP contribution < -0.4 is 0 Å². The fraction of sp³-hybridized carbons (Fsp3) is 0.280. The number of esters is 1. The number of hydrogen-bond donors (Lipinski definition) is 2. The van der Waals surface area contributed by atoms with Gasteiger partial charge in [0, 0.05) is 41.8 Å². The quantitative estimate of drug-likeness (QED) is 0.222. The number of H-pyrrole nitrogens is 1. The summed E-state index contributed by atoms with van der Waals surface area (Å²) in [5.41, 5.74) is 1.96. The summed E-state index contributed by atoms with van der Waals surface area (Å²) in [6.07, 6.45) is 5.74. The van der Waals surface area contributed by atoms with Crippen molar-refractivity contribution < 1.29 is 24.2 Å². The molecule has 4 rings (SSSR count). The zero-order chi connectivity index (χ0) is 25.3. The highest BCUT2D eigenvalue weighted by Gasteiger charge is 2.46. The number of likely N-dealkylation sites (tertiary alicyclic amines) is 1. The first kappa shape index (κ1) is 24.3. The number of imidazole rings is 1. The third-order valence-electron chi connectivity index (χ3n) is 6.16. The van der Waals surface area contributed by atoms with Crippen LogP contribution in [0.4, 0.5) is 0 Å². The lowest BCUT2D eigenvalue weighted by Gasteiger charge is -2.25. The lowest BCUT2D eigenvalue weighted by molar-refractivity contribution is -0.139. The van der Waals surface area contributed by atoms with Gasteiger partial charge in [0.05, 0.1) is 25.1 Å². The van der Waals surface area contributed by atoms with Crippen LogP contribution in [0.25, 0.3) is 5.76 Å². The predicted molar refractivity (Wildman–Crippen MR) is 129 cm³/mol. The molecular formula is C25H25ClN4O5. The first-order valence-electron chi connectivity index (χ1n) is 11.0. The number of carbonyl (C=O) groups is 3. The zero-order valence-corrected chi connectivity index (χ0v) is 20.3. The second-order valence-corrected chi connectivity index (χ2v) is 8.75. The molecule has 3 heterocycles. The van der Waals surface area contributed by atoms with Gasteiger partial charge in [0.15, 0.2) is 0 Å². The number of aliphatic hydroxyl groups is 1. The van der Waals surface area contributed by atoms with Gasteiger partial charge >= 0.3 is 5.97 Å². The van der Waals surface area contributed by atoms with E-state index in [9.17, 15) is 19.5 Å². The van der Waals surface area contributed by atoms with Crippen LogP contribution >= 0.6 is 11.6 Å². The summed E-state index contributed by atoms with van der Waals surface area (Å²) in [5, 5.41) is 11.9. The number of nitrogens with zero attached hydrogens (tertiary/aromatic N) is 3. The molecule has 2 aromatic heterocycles. The third kappa shape index (κ3) is 4.46. The van der Waals surface area contributed by atoms with Crippen molar-refractivity contribution in [2.45, 2.75) is 32.9 Å². The molecule has 0 spiro atoms. The van der Waals surface area contributed by atoms with E-state index >= 15 is 0 Å². The van der Waals surface area contributed by atoms with Gasteiger partial charge in [-0.2, -0.15) is 0 Å². The predicted octanol–water partition coefficient (Wildman–Crippen LogP) is 3.78. The molecule has 0 aliphatic carbocycles. The van der Waals surface area contributed by atoms with Crippen LogP contribution in [0.15, 0.2) is 48.6 Å². The first-order valence-corrected chi connectivity index (χ1v) is 11.4. The van der Waals surface area contributed by atoms with E-state index in [1.807, 2.05) is 10.8 Å². The number of rotatable bonds is 7. The Morgan fingerprint density at radius 3 is 2.54 bits per heavy atom. The lowest BCUT2D eigenvalue weighted by atomic mass is 9.94. The average Bonchev–Trinajstić information content (AvgIpc) is 3.52. The number of hydrogen-bond acceptors (Lipinski definition) is 6. The van der Waals surface area contributed by atoms with E-state index in [1.165, 1.54) is 12.0 Å². The van der Waals surface area contributed by atoms with Gasteiger partial charge in [0.2, 0.25) is 0 Å². The molecule has 1 fully saturated rings. The summed E-state index contributed by atoms with van der Waals surface area (Å²) in [6, 6.07) is 5.98. The topological polar surface area (TPSA) is 118 Å². The molecule has 2 N–H and O–H groups in total. The van der Waals surface area contributed by atoms with Gasteiger partial charge < -0.3 is 24.3 Å². The molecule has 1 aromatic carbocycles. The van der Waals surface area contributed by atoms with Gasteiger partial charge in [-0.25, -0.2) is 9.78 Å². The van der Waals surface area contributed by atoms with Crippen LogP contribution in [-0.2, 0) is 20.9 Å². The van der Waals surface area contributed by atoms with Crippen LogP contribution in [-0.4, -0.2) is 55.9 Å². The van der Waals surface area contributed by atoms with Crippen LogP contribution in [0.5, 0.6) is 0 Å². The number of nitrogens with one attached hydrogen (secondary N) is 1. The Balaban J connectivity index is 1.79. The molecular weight excluding hydrogens is 472 g/mol. The Morgan fingerprint density at radius 1 is 1.20 bits per heavy atom. The van der Waals surface area contributed by atoms with Crippen LogP contribution in [0.1, 0.15) is 45.3 Å². The van der Waals surface area contributed by atoms with E-state index in [0.717, 1.165) is 0 Å². The summed E-state index contributed by atoms with van der Waals surface area (Å²) in [4.78, 5) is 46.9. The maximum absolute atomic E-state index is 13.2. The van der Waals surface area contributed by atoms with Crippen molar-refractivity contribution in [3.05, 3.63) is 81.7 Å². The SMILES string of the molecule is COC(=O)c1[nH]c(C)c(C(O)=C2C(=O)C(=O)N(CCCn3ccnc3)[C@@H]2c2ccc(Cl)cc2)c1C. The van der Waals surface area contributed by atoms with E-state index < -0.39 is 23.7 Å². The summed E-state index contributed by atoms with van der Waals surface area (Å²) in [6.45, 7) is 4.20. The summed E-state index contributed by atoms with van der Waals surface area (Å²) in [5.74, 6) is -2.43. The standard InChI is InChI=1S/C25H25ClN4O5/c1-14-18(15(2)28-20(14)25(34)35-3)22(31)19-21(16-5-7-17(26)8-6-16)30(24(33)23(19)32)11-4-10-29-12-9-27-13-29/h5-9,12-13,21,28,31H,4,10-11H2,1-3H3/t21-/m1/s1. The molecule has 1 aliphatic rings. The third-order valence-corrected chi connectivity index (χ3v) is 6.42. The van der Waals surface area contributed by atoms with Gasteiger partial charge in [-0.1, -0.05) is 23.7 Å². The Labute approximate surface area is 207 Å². The van der Waals surface area contributed by atoms with Crippen LogP contribution in [0.2, 0.25) is 5.02 Å². The first-order chi connectivity index (χ1) is 16.7. The molecule has 1 amide bonds. The fourth-order valence-electron chi connectivity index (χ4n) is 4.49. The van der Waals surface area contributed by atoms with E-state index in [1.54, 1.807) is 50.6 Å². The average molecular weight is 497 g/mol. The number of halogens is 1. The van der Waals surface area contributed by atoms with Gasteiger partial charge in [-0.05, 0) is 43.5 Å². The summed E-state index contributed by atoms with van der Waals surface area (Å²) >= 11 is 6.07. The number of aliphatic hydroxyl groups excluding tert-OH is 1. The number of aryl methyl sites for hydroxylation is 2. The van der Waals surface area contributed by atoms with Crippen molar-refractivity contribution in [3.8, 4) is 0 Å². The molecule has 1 saturated heterocycles. The maximum atomic E-state index is 13.2. The van der Waals surface area contributed by atoms with E-state index in [-0.39, 0.29) is 23.6 Å². The Morgan fingerprint density at radius 2 is 1.91 bits per heavy atom. The van der Waals surface area contributed by atoms with E-state index in [0.29, 0.717) is 40.4 Å². The minimum absolute atomic E-state index is 0.0402. The zero-order valence-electron chi connectivity index (χ0n) is 19.5. The number of aromatic amines is 1. The van der Waals surface area contributed by atoms with Crippen molar-refractivity contribution in [2.75, 3.05) is 13.7 Å². The number of benzene rings is 1. The number of aromatic nitrogens is 3. The maximum Gasteiger partial charge on any atom is 0.354 e. The second kappa shape index (κ2) is 9.79. The number of ether oxygens (including phenoxy) is 1. The molecule has 1 atom stereocenters. The Hall–Kier alpha value is -3.85. The van der Waals surface area contributed by atoms with Gasteiger partial charge in [0.1, 0.15) is 11.5 Å².